The highest BCUT2D eigenvalue weighted by atomic mass is 35.5. The SMILES string of the molecule is Cc1cc(-c2ncn3c(C(F)(F)F)cc(-c4ccc(Cl)c(C)c4)nc23)ccn1. The molecule has 0 aliphatic heterocycles. The molecule has 3 heterocycles. The molecule has 28 heavy (non-hydrogen) atoms. The van der Waals surface area contributed by atoms with Crippen molar-refractivity contribution in [2.45, 2.75) is 20.0 Å². The van der Waals surface area contributed by atoms with Crippen LogP contribution < -0.4 is 0 Å². The maximum Gasteiger partial charge on any atom is 0.431 e. The summed E-state index contributed by atoms with van der Waals surface area (Å²) < 4.78 is 42.1. The van der Waals surface area contributed by atoms with Crippen LogP contribution >= 0.6 is 11.6 Å². The average molecular weight is 403 g/mol. The number of benzene rings is 1. The number of pyridine rings is 1. The van der Waals surface area contributed by atoms with Crippen LogP contribution in [0.1, 0.15) is 17.0 Å². The van der Waals surface area contributed by atoms with E-state index in [4.69, 9.17) is 11.6 Å². The van der Waals surface area contributed by atoms with Gasteiger partial charge in [-0.2, -0.15) is 13.2 Å². The van der Waals surface area contributed by atoms with Gasteiger partial charge in [0.05, 0.1) is 5.69 Å². The monoisotopic (exact) mass is 402 g/mol. The molecule has 0 radical (unpaired) electrons. The number of nitrogens with zero attached hydrogens (tertiary/aromatic N) is 4. The summed E-state index contributed by atoms with van der Waals surface area (Å²) in [4.78, 5) is 12.8. The molecule has 0 aliphatic rings. The smallest absolute Gasteiger partial charge is 0.278 e. The highest BCUT2D eigenvalue weighted by Gasteiger charge is 2.35. The van der Waals surface area contributed by atoms with Gasteiger partial charge in [0, 0.05) is 28.0 Å². The molecule has 0 fully saturated rings. The Morgan fingerprint density at radius 3 is 2.43 bits per heavy atom. The van der Waals surface area contributed by atoms with Gasteiger partial charge < -0.3 is 0 Å². The number of aromatic nitrogens is 4. The van der Waals surface area contributed by atoms with E-state index in [0.29, 0.717) is 21.8 Å². The summed E-state index contributed by atoms with van der Waals surface area (Å²) in [6.07, 6.45) is -1.83. The van der Waals surface area contributed by atoms with E-state index in [0.717, 1.165) is 28.1 Å². The molecule has 3 aromatic heterocycles. The molecule has 8 heteroatoms. The Bertz CT molecular complexity index is 1200. The lowest BCUT2D eigenvalue weighted by atomic mass is 10.1. The van der Waals surface area contributed by atoms with Gasteiger partial charge in [0.2, 0.25) is 0 Å². The highest BCUT2D eigenvalue weighted by molar-refractivity contribution is 6.31. The van der Waals surface area contributed by atoms with Gasteiger partial charge in [-0.15, -0.1) is 0 Å². The number of rotatable bonds is 2. The van der Waals surface area contributed by atoms with Crippen LogP contribution in [-0.4, -0.2) is 19.4 Å². The number of fused-ring (bicyclic) bond motifs is 1. The first-order valence-corrected chi connectivity index (χ1v) is 8.76. The van der Waals surface area contributed by atoms with Crippen LogP contribution in [0.4, 0.5) is 13.2 Å². The Hall–Kier alpha value is -2.93. The Balaban J connectivity index is 2.01. The maximum atomic E-state index is 13.7. The molecule has 142 valence electrons. The molecule has 0 bridgehead atoms. The average Bonchev–Trinajstić information content (AvgIpc) is 3.06. The van der Waals surface area contributed by atoms with Crippen LogP contribution in [0.5, 0.6) is 0 Å². The van der Waals surface area contributed by atoms with Gasteiger partial charge in [-0.25, -0.2) is 9.97 Å². The van der Waals surface area contributed by atoms with E-state index in [1.165, 1.54) is 0 Å². The van der Waals surface area contributed by atoms with E-state index < -0.39 is 11.9 Å². The normalized spacial score (nSPS) is 11.9. The summed E-state index contributed by atoms with van der Waals surface area (Å²) in [6, 6.07) is 9.50. The van der Waals surface area contributed by atoms with Crippen molar-refractivity contribution >= 4 is 17.2 Å². The fraction of sp³-hybridized carbons (Fsp3) is 0.150. The number of halogens is 4. The Labute approximate surface area is 163 Å². The van der Waals surface area contributed by atoms with Crippen molar-refractivity contribution in [2.75, 3.05) is 0 Å². The Kier molecular flexibility index (Phi) is 4.34. The van der Waals surface area contributed by atoms with Gasteiger partial charge in [-0.05, 0) is 49.7 Å². The minimum atomic E-state index is -4.57. The molecule has 4 nitrogen and oxygen atoms in total. The number of hydrogen-bond donors (Lipinski definition) is 0. The zero-order chi connectivity index (χ0) is 20.1. The summed E-state index contributed by atoms with van der Waals surface area (Å²) in [5.74, 6) is 0. The summed E-state index contributed by atoms with van der Waals surface area (Å²) in [5.41, 5.74) is 2.54. The molecule has 1 aromatic carbocycles. The van der Waals surface area contributed by atoms with Crippen molar-refractivity contribution in [3.05, 3.63) is 70.9 Å². The topological polar surface area (TPSA) is 43.1 Å². The molecular weight excluding hydrogens is 389 g/mol. The van der Waals surface area contributed by atoms with Crippen molar-refractivity contribution in [3.63, 3.8) is 0 Å². The van der Waals surface area contributed by atoms with Crippen molar-refractivity contribution in [1.82, 2.24) is 19.4 Å². The third kappa shape index (κ3) is 3.22. The van der Waals surface area contributed by atoms with Crippen molar-refractivity contribution in [1.29, 1.82) is 0 Å². The number of aryl methyl sites for hydroxylation is 2. The minimum Gasteiger partial charge on any atom is -0.278 e. The lowest BCUT2D eigenvalue weighted by Crippen LogP contribution is -2.12. The summed E-state index contributed by atoms with van der Waals surface area (Å²) >= 11 is 6.05. The second kappa shape index (κ2) is 6.60. The fourth-order valence-electron chi connectivity index (χ4n) is 3.04. The van der Waals surface area contributed by atoms with Crippen LogP contribution in [0.15, 0.2) is 48.9 Å². The third-order valence-electron chi connectivity index (χ3n) is 4.42. The molecule has 0 atom stereocenters. The molecule has 0 amide bonds. The summed E-state index contributed by atoms with van der Waals surface area (Å²) in [5, 5.41) is 0.540. The molecular formula is C20H14ClF3N4. The maximum absolute atomic E-state index is 13.7. The molecule has 0 saturated carbocycles. The van der Waals surface area contributed by atoms with E-state index >= 15 is 0 Å². The molecule has 4 rings (SSSR count). The van der Waals surface area contributed by atoms with E-state index in [1.54, 1.807) is 50.4 Å². The Morgan fingerprint density at radius 1 is 0.964 bits per heavy atom. The lowest BCUT2D eigenvalue weighted by Gasteiger charge is -2.13. The second-order valence-electron chi connectivity index (χ2n) is 6.46. The number of alkyl halides is 3. The van der Waals surface area contributed by atoms with Gasteiger partial charge in [0.15, 0.2) is 5.65 Å². The van der Waals surface area contributed by atoms with E-state index in [-0.39, 0.29) is 11.3 Å². The molecule has 4 aromatic rings. The van der Waals surface area contributed by atoms with Crippen LogP contribution in [0, 0.1) is 13.8 Å². The van der Waals surface area contributed by atoms with E-state index in [9.17, 15) is 13.2 Å². The first-order valence-electron chi connectivity index (χ1n) is 8.39. The third-order valence-corrected chi connectivity index (χ3v) is 4.84. The summed E-state index contributed by atoms with van der Waals surface area (Å²) in [7, 11) is 0. The van der Waals surface area contributed by atoms with E-state index in [2.05, 4.69) is 15.0 Å². The van der Waals surface area contributed by atoms with Gasteiger partial charge in [-0.1, -0.05) is 17.7 Å². The predicted molar refractivity (Wildman–Crippen MR) is 101 cm³/mol. The first-order chi connectivity index (χ1) is 13.2. The molecule has 0 unspecified atom stereocenters. The summed E-state index contributed by atoms with van der Waals surface area (Å²) in [6.45, 7) is 3.59. The minimum absolute atomic E-state index is 0.128. The van der Waals surface area contributed by atoms with Gasteiger partial charge in [0.1, 0.15) is 17.7 Å². The number of hydrogen-bond acceptors (Lipinski definition) is 3. The Morgan fingerprint density at radius 2 is 1.75 bits per heavy atom. The largest absolute Gasteiger partial charge is 0.431 e. The molecule has 0 aliphatic carbocycles. The molecule has 0 saturated heterocycles. The van der Waals surface area contributed by atoms with Crippen LogP contribution in [-0.2, 0) is 6.18 Å². The number of imidazole rings is 1. The van der Waals surface area contributed by atoms with Gasteiger partial charge >= 0.3 is 6.18 Å². The first kappa shape index (κ1) is 18.4. The fourth-order valence-corrected chi connectivity index (χ4v) is 3.15. The lowest BCUT2D eigenvalue weighted by molar-refractivity contribution is -0.142. The van der Waals surface area contributed by atoms with E-state index in [1.807, 2.05) is 0 Å². The molecule has 0 spiro atoms. The van der Waals surface area contributed by atoms with Crippen LogP contribution in [0.2, 0.25) is 5.02 Å². The highest BCUT2D eigenvalue weighted by Crippen LogP contribution is 2.35. The molecule has 0 N–H and O–H groups in total. The zero-order valence-electron chi connectivity index (χ0n) is 14.9. The zero-order valence-corrected chi connectivity index (χ0v) is 15.7. The van der Waals surface area contributed by atoms with Crippen LogP contribution in [0.25, 0.3) is 28.2 Å². The van der Waals surface area contributed by atoms with Crippen molar-refractivity contribution in [2.24, 2.45) is 0 Å². The van der Waals surface area contributed by atoms with Gasteiger partial charge in [0.25, 0.3) is 0 Å². The van der Waals surface area contributed by atoms with Crippen molar-refractivity contribution < 1.29 is 13.2 Å². The van der Waals surface area contributed by atoms with Crippen LogP contribution in [0.3, 0.4) is 0 Å². The predicted octanol–water partition coefficient (Wildman–Crippen LogP) is 5.75. The van der Waals surface area contributed by atoms with Crippen molar-refractivity contribution in [3.8, 4) is 22.5 Å². The standard InChI is InChI=1S/C20H14ClF3N4/c1-11-7-13(3-4-15(11)21)16-9-17(20(22,23)24)28-10-26-18(19(28)27-16)14-5-6-25-12(2)8-14/h3-10H,1-2H3. The van der Waals surface area contributed by atoms with Gasteiger partial charge in [-0.3, -0.25) is 9.38 Å². The second-order valence-corrected chi connectivity index (χ2v) is 6.87. The quantitative estimate of drug-likeness (QED) is 0.429.